The van der Waals surface area contributed by atoms with Crippen molar-refractivity contribution in [1.29, 1.82) is 0 Å². The number of fused-ring (bicyclic) bond motifs is 1. The SMILES string of the molecule is Cl.Fc1nccc(OC[C@@H]2[C@@H]3CNC[C@@H]32)c1F. The number of ether oxygens (including phenoxy) is 1. The minimum absolute atomic E-state index is 0. The van der Waals surface area contributed by atoms with Crippen molar-refractivity contribution in [3.05, 3.63) is 24.0 Å². The van der Waals surface area contributed by atoms with Crippen LogP contribution in [-0.2, 0) is 0 Å². The third-order valence-corrected chi connectivity index (χ3v) is 3.51. The Kier molecular flexibility index (Phi) is 3.49. The first-order valence-corrected chi connectivity index (χ1v) is 5.41. The van der Waals surface area contributed by atoms with Crippen LogP contribution in [0.1, 0.15) is 0 Å². The maximum absolute atomic E-state index is 13.2. The summed E-state index contributed by atoms with van der Waals surface area (Å²) in [5.74, 6) is -0.312. The molecule has 3 nitrogen and oxygen atoms in total. The molecular formula is C11H13ClF2N2O. The van der Waals surface area contributed by atoms with Gasteiger partial charge >= 0.3 is 0 Å². The van der Waals surface area contributed by atoms with Gasteiger partial charge in [-0.05, 0) is 24.9 Å². The van der Waals surface area contributed by atoms with E-state index in [2.05, 4.69) is 10.3 Å². The molecule has 2 fully saturated rings. The van der Waals surface area contributed by atoms with Gasteiger partial charge in [-0.1, -0.05) is 0 Å². The van der Waals surface area contributed by atoms with Gasteiger partial charge in [0, 0.05) is 18.2 Å². The molecule has 3 atom stereocenters. The lowest BCUT2D eigenvalue weighted by Crippen LogP contribution is -2.18. The van der Waals surface area contributed by atoms with Gasteiger partial charge < -0.3 is 10.1 Å². The largest absolute Gasteiger partial charge is 0.490 e. The Bertz CT molecular complexity index is 408. The van der Waals surface area contributed by atoms with Crippen molar-refractivity contribution in [2.24, 2.45) is 17.8 Å². The summed E-state index contributed by atoms with van der Waals surface area (Å²) in [5, 5.41) is 3.27. The first kappa shape index (κ1) is 12.5. The Morgan fingerprint density at radius 3 is 2.76 bits per heavy atom. The lowest BCUT2D eigenvalue weighted by molar-refractivity contribution is 0.262. The highest BCUT2D eigenvalue weighted by Crippen LogP contribution is 2.48. The average Bonchev–Trinajstić information content (AvgIpc) is 2.73. The van der Waals surface area contributed by atoms with Crippen LogP contribution in [0.3, 0.4) is 0 Å². The van der Waals surface area contributed by atoms with Crippen LogP contribution in [0, 0.1) is 29.5 Å². The Hall–Kier alpha value is -0.940. The van der Waals surface area contributed by atoms with Crippen LogP contribution in [0.15, 0.2) is 12.3 Å². The van der Waals surface area contributed by atoms with E-state index in [-0.39, 0.29) is 18.2 Å². The van der Waals surface area contributed by atoms with E-state index in [1.165, 1.54) is 12.3 Å². The third-order valence-electron chi connectivity index (χ3n) is 3.51. The molecule has 0 unspecified atom stereocenters. The molecule has 6 heteroatoms. The second-order valence-corrected chi connectivity index (χ2v) is 4.37. The van der Waals surface area contributed by atoms with Gasteiger partial charge in [0.1, 0.15) is 0 Å². The molecule has 1 N–H and O–H groups in total. The number of nitrogens with one attached hydrogen (secondary N) is 1. The van der Waals surface area contributed by atoms with Crippen molar-refractivity contribution >= 4 is 12.4 Å². The number of piperidine rings is 1. The second-order valence-electron chi connectivity index (χ2n) is 4.37. The summed E-state index contributed by atoms with van der Waals surface area (Å²) < 4.78 is 31.3. The van der Waals surface area contributed by atoms with Gasteiger partial charge in [0.25, 0.3) is 5.95 Å². The summed E-state index contributed by atoms with van der Waals surface area (Å²) in [7, 11) is 0. The molecule has 1 saturated heterocycles. The Morgan fingerprint density at radius 2 is 2.06 bits per heavy atom. The zero-order valence-electron chi connectivity index (χ0n) is 9.03. The fraction of sp³-hybridized carbons (Fsp3) is 0.545. The van der Waals surface area contributed by atoms with Gasteiger partial charge in [-0.15, -0.1) is 12.4 Å². The van der Waals surface area contributed by atoms with Crippen LogP contribution in [0.2, 0.25) is 0 Å². The van der Waals surface area contributed by atoms with Crippen LogP contribution in [0.5, 0.6) is 5.75 Å². The van der Waals surface area contributed by atoms with Crippen molar-refractivity contribution in [3.8, 4) is 5.75 Å². The molecule has 0 spiro atoms. The van der Waals surface area contributed by atoms with E-state index < -0.39 is 11.8 Å². The number of rotatable bonds is 3. The zero-order valence-corrected chi connectivity index (χ0v) is 9.84. The van der Waals surface area contributed by atoms with Gasteiger partial charge in [-0.25, -0.2) is 4.98 Å². The van der Waals surface area contributed by atoms with Crippen molar-refractivity contribution in [2.45, 2.75) is 0 Å². The van der Waals surface area contributed by atoms with Gasteiger partial charge in [-0.3, -0.25) is 0 Å². The average molecular weight is 263 g/mol. The highest BCUT2D eigenvalue weighted by Gasteiger charge is 2.53. The number of nitrogens with zero attached hydrogens (tertiary/aromatic N) is 1. The molecule has 3 rings (SSSR count). The fourth-order valence-electron chi connectivity index (χ4n) is 2.49. The third kappa shape index (κ3) is 2.21. The number of hydrogen-bond acceptors (Lipinski definition) is 3. The van der Waals surface area contributed by atoms with Crippen molar-refractivity contribution in [3.63, 3.8) is 0 Å². The molecule has 94 valence electrons. The topological polar surface area (TPSA) is 34.1 Å². The summed E-state index contributed by atoms with van der Waals surface area (Å²) >= 11 is 0. The van der Waals surface area contributed by atoms with E-state index >= 15 is 0 Å². The van der Waals surface area contributed by atoms with E-state index in [1.807, 2.05) is 0 Å². The Balaban J connectivity index is 0.00000108. The van der Waals surface area contributed by atoms with E-state index in [0.717, 1.165) is 13.1 Å². The zero-order chi connectivity index (χ0) is 11.1. The molecule has 2 aliphatic rings. The molecule has 2 heterocycles. The van der Waals surface area contributed by atoms with Crippen LogP contribution in [0.4, 0.5) is 8.78 Å². The summed E-state index contributed by atoms with van der Waals surface area (Å²) in [6.45, 7) is 2.51. The number of aromatic nitrogens is 1. The quantitative estimate of drug-likeness (QED) is 0.841. The standard InChI is InChI=1S/C11H12F2N2O.ClH/c12-10-9(1-2-15-11(10)13)16-5-8-6-3-14-4-7(6)8;/h1-2,6-8,14H,3-5H2;1H/t6-,7+,8-;. The highest BCUT2D eigenvalue weighted by atomic mass is 35.5. The van der Waals surface area contributed by atoms with Gasteiger partial charge in [0.05, 0.1) is 6.61 Å². The van der Waals surface area contributed by atoms with Crippen LogP contribution < -0.4 is 10.1 Å². The summed E-state index contributed by atoms with van der Waals surface area (Å²) in [5.41, 5.74) is 0. The highest BCUT2D eigenvalue weighted by molar-refractivity contribution is 5.85. The summed E-state index contributed by atoms with van der Waals surface area (Å²) in [6, 6.07) is 1.36. The molecular weight excluding hydrogens is 250 g/mol. The first-order chi connectivity index (χ1) is 7.77. The normalized spacial score (nSPS) is 29.4. The second kappa shape index (κ2) is 4.74. The Labute approximate surface area is 104 Å². The van der Waals surface area contributed by atoms with Gasteiger partial charge in [0.15, 0.2) is 5.75 Å². The summed E-state index contributed by atoms with van der Waals surface area (Å²) in [4.78, 5) is 3.21. The minimum atomic E-state index is -1.10. The smallest absolute Gasteiger partial charge is 0.252 e. The van der Waals surface area contributed by atoms with Crippen LogP contribution >= 0.6 is 12.4 Å². The molecule has 0 bridgehead atoms. The van der Waals surface area contributed by atoms with E-state index in [0.29, 0.717) is 24.4 Å². The van der Waals surface area contributed by atoms with Crippen LogP contribution in [0.25, 0.3) is 0 Å². The Morgan fingerprint density at radius 1 is 1.35 bits per heavy atom. The lowest BCUT2D eigenvalue weighted by atomic mass is 10.3. The van der Waals surface area contributed by atoms with Crippen molar-refractivity contribution in [2.75, 3.05) is 19.7 Å². The van der Waals surface area contributed by atoms with Gasteiger partial charge in [-0.2, -0.15) is 8.78 Å². The van der Waals surface area contributed by atoms with E-state index in [4.69, 9.17) is 4.74 Å². The van der Waals surface area contributed by atoms with Crippen molar-refractivity contribution < 1.29 is 13.5 Å². The number of pyridine rings is 1. The predicted molar refractivity (Wildman–Crippen MR) is 60.2 cm³/mol. The van der Waals surface area contributed by atoms with Crippen LogP contribution in [-0.4, -0.2) is 24.7 Å². The fourth-order valence-corrected chi connectivity index (χ4v) is 2.49. The number of halogens is 3. The minimum Gasteiger partial charge on any atom is -0.490 e. The molecule has 0 aromatic carbocycles. The van der Waals surface area contributed by atoms with Gasteiger partial charge in [0.2, 0.25) is 5.82 Å². The molecule has 1 aromatic rings. The lowest BCUT2D eigenvalue weighted by Gasteiger charge is -2.08. The molecule has 0 radical (unpaired) electrons. The molecule has 17 heavy (non-hydrogen) atoms. The maximum atomic E-state index is 13.2. The first-order valence-electron chi connectivity index (χ1n) is 5.41. The predicted octanol–water partition coefficient (Wildman–Crippen LogP) is 1.63. The molecule has 0 amide bonds. The van der Waals surface area contributed by atoms with Crippen molar-refractivity contribution in [1.82, 2.24) is 10.3 Å². The molecule has 1 aliphatic carbocycles. The van der Waals surface area contributed by atoms with E-state index in [9.17, 15) is 8.78 Å². The molecule has 1 aromatic heterocycles. The molecule has 1 saturated carbocycles. The molecule has 1 aliphatic heterocycles. The maximum Gasteiger partial charge on any atom is 0.252 e. The monoisotopic (exact) mass is 262 g/mol. The summed E-state index contributed by atoms with van der Waals surface area (Å²) in [6.07, 6.45) is 1.21. The number of hydrogen-bond donors (Lipinski definition) is 1. The van der Waals surface area contributed by atoms with E-state index in [1.54, 1.807) is 0 Å².